The van der Waals surface area contributed by atoms with Gasteiger partial charge in [-0.2, -0.15) is 0 Å². The van der Waals surface area contributed by atoms with E-state index in [1.54, 1.807) is 0 Å². The molecule has 1 fully saturated rings. The Labute approximate surface area is 115 Å². The van der Waals surface area contributed by atoms with Gasteiger partial charge in [0.25, 0.3) is 5.91 Å². The summed E-state index contributed by atoms with van der Waals surface area (Å²) in [5.41, 5.74) is 7.37. The molecule has 1 aliphatic carbocycles. The first-order valence-corrected chi connectivity index (χ1v) is 7.25. The molecule has 2 rings (SSSR count). The molecule has 0 radical (unpaired) electrons. The van der Waals surface area contributed by atoms with E-state index < -0.39 is 0 Å². The Kier molecular flexibility index (Phi) is 4.97. The first kappa shape index (κ1) is 14.1. The zero-order valence-corrected chi connectivity index (χ0v) is 11.8. The van der Waals surface area contributed by atoms with E-state index in [1.165, 1.54) is 25.7 Å². The van der Waals surface area contributed by atoms with Crippen LogP contribution < -0.4 is 5.73 Å². The minimum absolute atomic E-state index is 0.105. The number of nitrogens with zero attached hydrogens (tertiary/aromatic N) is 1. The SMILES string of the molecule is CN(CCC1CCCC1)C(=O)c1cccc(CN)c1. The number of rotatable bonds is 5. The highest BCUT2D eigenvalue weighted by Crippen LogP contribution is 2.27. The maximum absolute atomic E-state index is 12.3. The second kappa shape index (κ2) is 6.71. The van der Waals surface area contributed by atoms with Crippen molar-refractivity contribution in [3.8, 4) is 0 Å². The molecule has 1 amide bonds. The number of carbonyl (C=O) groups excluding carboxylic acids is 1. The average Bonchev–Trinajstić information content (AvgIpc) is 2.97. The van der Waals surface area contributed by atoms with Gasteiger partial charge in [0, 0.05) is 25.7 Å². The zero-order valence-electron chi connectivity index (χ0n) is 11.8. The van der Waals surface area contributed by atoms with Crippen molar-refractivity contribution in [2.45, 2.75) is 38.6 Å². The van der Waals surface area contributed by atoms with Gasteiger partial charge in [-0.05, 0) is 30.0 Å². The van der Waals surface area contributed by atoms with Crippen molar-refractivity contribution in [2.24, 2.45) is 11.7 Å². The van der Waals surface area contributed by atoms with Gasteiger partial charge in [0.2, 0.25) is 0 Å². The topological polar surface area (TPSA) is 46.3 Å². The van der Waals surface area contributed by atoms with Gasteiger partial charge in [0.05, 0.1) is 0 Å². The molecule has 0 aliphatic heterocycles. The molecule has 0 saturated heterocycles. The Morgan fingerprint density at radius 3 is 2.79 bits per heavy atom. The predicted molar refractivity (Wildman–Crippen MR) is 77.9 cm³/mol. The number of carbonyl (C=O) groups is 1. The molecule has 1 aromatic rings. The van der Waals surface area contributed by atoms with Crippen LogP contribution in [0.15, 0.2) is 24.3 Å². The lowest BCUT2D eigenvalue weighted by atomic mass is 10.0. The molecule has 19 heavy (non-hydrogen) atoms. The van der Waals surface area contributed by atoms with Gasteiger partial charge in [-0.25, -0.2) is 0 Å². The van der Waals surface area contributed by atoms with Crippen LogP contribution in [-0.2, 0) is 6.54 Å². The summed E-state index contributed by atoms with van der Waals surface area (Å²) in [7, 11) is 1.90. The molecule has 0 heterocycles. The van der Waals surface area contributed by atoms with E-state index >= 15 is 0 Å². The number of nitrogens with two attached hydrogens (primary N) is 1. The van der Waals surface area contributed by atoms with E-state index in [0.717, 1.165) is 30.0 Å². The largest absolute Gasteiger partial charge is 0.342 e. The Balaban J connectivity index is 1.90. The number of hydrogen-bond acceptors (Lipinski definition) is 2. The maximum atomic E-state index is 12.3. The van der Waals surface area contributed by atoms with Gasteiger partial charge < -0.3 is 10.6 Å². The lowest BCUT2D eigenvalue weighted by molar-refractivity contribution is 0.0787. The highest BCUT2D eigenvalue weighted by atomic mass is 16.2. The van der Waals surface area contributed by atoms with Crippen LogP contribution in [0.2, 0.25) is 0 Å². The fraction of sp³-hybridized carbons (Fsp3) is 0.562. The minimum atomic E-state index is 0.105. The second-order valence-electron chi connectivity index (χ2n) is 5.57. The van der Waals surface area contributed by atoms with Crippen molar-refractivity contribution in [3.63, 3.8) is 0 Å². The fourth-order valence-electron chi connectivity index (χ4n) is 2.83. The van der Waals surface area contributed by atoms with E-state index in [4.69, 9.17) is 5.73 Å². The molecule has 0 aromatic heterocycles. The molecule has 0 unspecified atom stereocenters. The van der Waals surface area contributed by atoms with Crippen LogP contribution in [0, 0.1) is 5.92 Å². The van der Waals surface area contributed by atoms with E-state index in [2.05, 4.69) is 0 Å². The summed E-state index contributed by atoms with van der Waals surface area (Å²) < 4.78 is 0. The summed E-state index contributed by atoms with van der Waals surface area (Å²) >= 11 is 0. The molecule has 0 atom stereocenters. The quantitative estimate of drug-likeness (QED) is 0.885. The van der Waals surface area contributed by atoms with Gasteiger partial charge in [0.1, 0.15) is 0 Å². The van der Waals surface area contributed by atoms with E-state index in [1.807, 2.05) is 36.2 Å². The molecular weight excluding hydrogens is 236 g/mol. The third-order valence-corrected chi connectivity index (χ3v) is 4.10. The molecule has 0 spiro atoms. The minimum Gasteiger partial charge on any atom is -0.342 e. The normalized spacial score (nSPS) is 15.7. The number of amides is 1. The van der Waals surface area contributed by atoms with Crippen molar-refractivity contribution in [1.29, 1.82) is 0 Å². The fourth-order valence-corrected chi connectivity index (χ4v) is 2.83. The monoisotopic (exact) mass is 260 g/mol. The standard InChI is InChI=1S/C16H24N2O/c1-18(10-9-13-5-2-3-6-13)16(19)15-8-4-7-14(11-15)12-17/h4,7-8,11,13H,2-3,5-6,9-10,12,17H2,1H3. The van der Waals surface area contributed by atoms with Crippen LogP contribution in [0.25, 0.3) is 0 Å². The Hall–Kier alpha value is -1.35. The first-order valence-electron chi connectivity index (χ1n) is 7.25. The second-order valence-corrected chi connectivity index (χ2v) is 5.57. The highest BCUT2D eigenvalue weighted by molar-refractivity contribution is 5.94. The molecule has 104 valence electrons. The Bertz CT molecular complexity index is 425. The average molecular weight is 260 g/mol. The molecule has 1 saturated carbocycles. The van der Waals surface area contributed by atoms with Crippen LogP contribution in [-0.4, -0.2) is 24.4 Å². The van der Waals surface area contributed by atoms with Crippen LogP contribution in [0.3, 0.4) is 0 Å². The summed E-state index contributed by atoms with van der Waals surface area (Å²) in [5, 5.41) is 0. The molecule has 3 nitrogen and oxygen atoms in total. The smallest absolute Gasteiger partial charge is 0.253 e. The summed E-state index contributed by atoms with van der Waals surface area (Å²) in [4.78, 5) is 14.1. The van der Waals surface area contributed by atoms with Crippen molar-refractivity contribution in [2.75, 3.05) is 13.6 Å². The van der Waals surface area contributed by atoms with Crippen molar-refractivity contribution < 1.29 is 4.79 Å². The van der Waals surface area contributed by atoms with E-state index in [-0.39, 0.29) is 5.91 Å². The van der Waals surface area contributed by atoms with E-state index in [0.29, 0.717) is 6.54 Å². The Morgan fingerprint density at radius 1 is 1.37 bits per heavy atom. The van der Waals surface area contributed by atoms with Crippen molar-refractivity contribution >= 4 is 5.91 Å². The van der Waals surface area contributed by atoms with Crippen LogP contribution in [0.4, 0.5) is 0 Å². The van der Waals surface area contributed by atoms with Crippen LogP contribution >= 0.6 is 0 Å². The predicted octanol–water partition coefficient (Wildman–Crippen LogP) is 2.80. The lowest BCUT2D eigenvalue weighted by Crippen LogP contribution is -2.28. The van der Waals surface area contributed by atoms with Gasteiger partial charge in [-0.1, -0.05) is 37.8 Å². The van der Waals surface area contributed by atoms with E-state index in [9.17, 15) is 4.79 Å². The molecule has 0 bridgehead atoms. The summed E-state index contributed by atoms with van der Waals surface area (Å²) in [6.45, 7) is 1.34. The summed E-state index contributed by atoms with van der Waals surface area (Å²) in [6, 6.07) is 7.62. The summed E-state index contributed by atoms with van der Waals surface area (Å²) in [6.07, 6.45) is 6.54. The molecular formula is C16H24N2O. The van der Waals surface area contributed by atoms with Crippen molar-refractivity contribution in [3.05, 3.63) is 35.4 Å². The van der Waals surface area contributed by atoms with Crippen molar-refractivity contribution in [1.82, 2.24) is 4.90 Å². The molecule has 1 aliphatic rings. The number of benzene rings is 1. The van der Waals surface area contributed by atoms with Crippen LogP contribution in [0.1, 0.15) is 48.0 Å². The van der Waals surface area contributed by atoms with Crippen LogP contribution in [0.5, 0.6) is 0 Å². The van der Waals surface area contributed by atoms with Gasteiger partial charge in [-0.3, -0.25) is 4.79 Å². The van der Waals surface area contributed by atoms with Gasteiger partial charge in [-0.15, -0.1) is 0 Å². The molecule has 1 aromatic carbocycles. The number of hydrogen-bond donors (Lipinski definition) is 1. The lowest BCUT2D eigenvalue weighted by Gasteiger charge is -2.19. The summed E-state index contributed by atoms with van der Waals surface area (Å²) in [5.74, 6) is 0.930. The van der Waals surface area contributed by atoms with Gasteiger partial charge >= 0.3 is 0 Å². The molecule has 2 N–H and O–H groups in total. The maximum Gasteiger partial charge on any atom is 0.253 e. The Morgan fingerprint density at radius 2 is 2.11 bits per heavy atom. The highest BCUT2D eigenvalue weighted by Gasteiger charge is 2.17. The third kappa shape index (κ3) is 3.80. The van der Waals surface area contributed by atoms with Gasteiger partial charge in [0.15, 0.2) is 0 Å². The zero-order chi connectivity index (χ0) is 13.7. The third-order valence-electron chi connectivity index (χ3n) is 4.10. The molecule has 3 heteroatoms. The first-order chi connectivity index (χ1) is 9.20.